The Morgan fingerprint density at radius 3 is 2.57 bits per heavy atom. The molecule has 1 saturated heterocycles. The van der Waals surface area contributed by atoms with Gasteiger partial charge in [-0.05, 0) is 37.4 Å². The number of H-pyrrole nitrogens is 1. The molecule has 3 aromatic heterocycles. The minimum atomic E-state index is -5.08. The van der Waals surface area contributed by atoms with Crippen molar-refractivity contribution < 1.29 is 27.6 Å². The van der Waals surface area contributed by atoms with Gasteiger partial charge in [0.25, 0.3) is 5.89 Å². The predicted molar refractivity (Wildman–Crippen MR) is 120 cm³/mol. The molecule has 4 aromatic rings. The van der Waals surface area contributed by atoms with Crippen LogP contribution in [0.4, 0.5) is 13.2 Å². The molecule has 1 aromatic carbocycles. The molecule has 0 saturated carbocycles. The van der Waals surface area contributed by atoms with Gasteiger partial charge in [0.2, 0.25) is 5.82 Å². The smallest absolute Gasteiger partial charge is 0.475 e. The van der Waals surface area contributed by atoms with E-state index in [9.17, 15) is 13.2 Å². The van der Waals surface area contributed by atoms with E-state index in [4.69, 9.17) is 14.4 Å². The van der Waals surface area contributed by atoms with Crippen molar-refractivity contribution in [2.45, 2.75) is 32.5 Å². The highest BCUT2D eigenvalue weighted by molar-refractivity contribution is 5.90. The maximum absolute atomic E-state index is 10.6. The molecule has 1 fully saturated rings. The SMILES string of the molecule is CC1CCN(Cc2ccc(-c3noc(-c4c[nH]c5ncncc45)n3)cc2)CC1.O=C(O)C(F)(F)F. The molecule has 0 aliphatic carbocycles. The Bertz CT molecular complexity index is 1280. The first kappa shape index (κ1) is 24.3. The van der Waals surface area contributed by atoms with Crippen molar-refractivity contribution >= 4 is 17.0 Å². The first-order valence-electron chi connectivity index (χ1n) is 10.9. The molecule has 0 spiro atoms. The summed E-state index contributed by atoms with van der Waals surface area (Å²) in [6.45, 7) is 5.71. The molecule has 0 atom stereocenters. The third-order valence-electron chi connectivity index (χ3n) is 5.75. The molecule has 0 unspecified atom stereocenters. The first-order valence-corrected chi connectivity index (χ1v) is 10.9. The molecule has 1 aliphatic rings. The van der Waals surface area contributed by atoms with Crippen LogP contribution in [-0.2, 0) is 11.3 Å². The number of hydrogen-bond donors (Lipinski definition) is 2. The van der Waals surface area contributed by atoms with Crippen LogP contribution in [0.1, 0.15) is 25.3 Å². The number of nitrogens with one attached hydrogen (secondary N) is 1. The number of carboxylic acids is 1. The highest BCUT2D eigenvalue weighted by Gasteiger charge is 2.38. The number of nitrogens with zero attached hydrogens (tertiary/aromatic N) is 5. The van der Waals surface area contributed by atoms with Crippen LogP contribution in [0.5, 0.6) is 0 Å². The number of hydrogen-bond acceptors (Lipinski definition) is 7. The number of piperidine rings is 1. The van der Waals surface area contributed by atoms with E-state index < -0.39 is 12.1 Å². The summed E-state index contributed by atoms with van der Waals surface area (Å²) in [5.74, 6) is -0.857. The van der Waals surface area contributed by atoms with Crippen LogP contribution < -0.4 is 0 Å². The summed E-state index contributed by atoms with van der Waals surface area (Å²) < 4.78 is 37.2. The number of rotatable bonds is 4. The Balaban J connectivity index is 0.000000364. The Morgan fingerprint density at radius 2 is 1.91 bits per heavy atom. The number of likely N-dealkylation sites (tertiary alicyclic amines) is 1. The van der Waals surface area contributed by atoms with Gasteiger partial charge >= 0.3 is 12.1 Å². The van der Waals surface area contributed by atoms with Crippen LogP contribution >= 0.6 is 0 Å². The number of aromatic amines is 1. The second kappa shape index (κ2) is 10.2. The molecule has 9 nitrogen and oxygen atoms in total. The van der Waals surface area contributed by atoms with E-state index in [1.807, 2.05) is 6.20 Å². The number of aromatic nitrogens is 5. The largest absolute Gasteiger partial charge is 0.490 e. The molecule has 0 amide bonds. The quantitative estimate of drug-likeness (QED) is 0.430. The lowest BCUT2D eigenvalue weighted by Gasteiger charge is -2.30. The standard InChI is InChI=1S/C21H22N6O.C2HF3O2/c1-14-6-8-27(9-7-14)12-15-2-4-16(5-3-15)19-25-21(28-26-19)18-11-23-20-17(18)10-22-13-24-20;3-2(4,5)1(6)7/h2-5,10-11,13-14H,6-9,12H2,1H3,(H,22,23,24);(H,6,7). The number of aliphatic carboxylic acids is 1. The van der Waals surface area contributed by atoms with Gasteiger partial charge < -0.3 is 14.6 Å². The number of carboxylic acid groups (broad SMARTS) is 1. The minimum Gasteiger partial charge on any atom is -0.475 e. The monoisotopic (exact) mass is 488 g/mol. The Morgan fingerprint density at radius 1 is 1.23 bits per heavy atom. The Kier molecular flexibility index (Phi) is 7.10. The molecule has 5 rings (SSSR count). The van der Waals surface area contributed by atoms with E-state index in [2.05, 4.69) is 61.2 Å². The molecule has 0 radical (unpaired) electrons. The van der Waals surface area contributed by atoms with Crippen LogP contribution in [0.2, 0.25) is 0 Å². The highest BCUT2D eigenvalue weighted by Crippen LogP contribution is 2.28. The number of halogens is 3. The predicted octanol–water partition coefficient (Wildman–Crippen LogP) is 4.54. The summed E-state index contributed by atoms with van der Waals surface area (Å²) >= 11 is 0. The zero-order valence-corrected chi connectivity index (χ0v) is 18.8. The molecule has 35 heavy (non-hydrogen) atoms. The van der Waals surface area contributed by atoms with Gasteiger partial charge in [-0.2, -0.15) is 18.2 Å². The molecule has 0 bridgehead atoms. The number of alkyl halides is 3. The zero-order chi connectivity index (χ0) is 25.0. The summed E-state index contributed by atoms with van der Waals surface area (Å²) in [5.41, 5.74) is 3.82. The third-order valence-corrected chi connectivity index (χ3v) is 5.75. The van der Waals surface area contributed by atoms with Gasteiger partial charge in [-0.1, -0.05) is 36.3 Å². The van der Waals surface area contributed by atoms with Crippen molar-refractivity contribution in [2.75, 3.05) is 13.1 Å². The number of carbonyl (C=O) groups is 1. The van der Waals surface area contributed by atoms with E-state index in [0.29, 0.717) is 11.7 Å². The molecule has 2 N–H and O–H groups in total. The third kappa shape index (κ3) is 6.01. The summed E-state index contributed by atoms with van der Waals surface area (Å²) in [5, 5.41) is 12.1. The number of fused-ring (bicyclic) bond motifs is 1. The average Bonchev–Trinajstić information content (AvgIpc) is 3.48. The average molecular weight is 488 g/mol. The van der Waals surface area contributed by atoms with E-state index in [1.54, 1.807) is 6.20 Å². The molecular formula is C23H23F3N6O3. The van der Waals surface area contributed by atoms with Crippen molar-refractivity contribution in [2.24, 2.45) is 5.92 Å². The van der Waals surface area contributed by atoms with Gasteiger partial charge in [-0.25, -0.2) is 14.8 Å². The lowest BCUT2D eigenvalue weighted by atomic mass is 9.99. The lowest BCUT2D eigenvalue weighted by Crippen LogP contribution is -2.32. The van der Waals surface area contributed by atoms with Crippen LogP contribution in [0, 0.1) is 5.92 Å². The maximum Gasteiger partial charge on any atom is 0.490 e. The van der Waals surface area contributed by atoms with Crippen molar-refractivity contribution in [3.8, 4) is 22.8 Å². The molecule has 12 heteroatoms. The van der Waals surface area contributed by atoms with Gasteiger partial charge in [0.1, 0.15) is 12.0 Å². The Hall–Kier alpha value is -3.80. The molecule has 4 heterocycles. The minimum absolute atomic E-state index is 0.461. The fourth-order valence-corrected chi connectivity index (χ4v) is 3.72. The van der Waals surface area contributed by atoms with E-state index >= 15 is 0 Å². The number of benzene rings is 1. The van der Waals surface area contributed by atoms with Gasteiger partial charge in [0.05, 0.1) is 5.56 Å². The fraction of sp³-hybridized carbons (Fsp3) is 0.348. The van der Waals surface area contributed by atoms with Crippen LogP contribution in [0.25, 0.3) is 33.9 Å². The van der Waals surface area contributed by atoms with Crippen molar-refractivity contribution in [1.82, 2.24) is 30.0 Å². The summed E-state index contributed by atoms with van der Waals surface area (Å²) in [7, 11) is 0. The maximum atomic E-state index is 10.6. The Labute approximate surface area is 198 Å². The van der Waals surface area contributed by atoms with Gasteiger partial charge in [-0.15, -0.1) is 0 Å². The topological polar surface area (TPSA) is 121 Å². The fourth-order valence-electron chi connectivity index (χ4n) is 3.72. The van der Waals surface area contributed by atoms with Gasteiger partial charge in [-0.3, -0.25) is 4.90 Å². The van der Waals surface area contributed by atoms with Crippen molar-refractivity contribution in [1.29, 1.82) is 0 Å². The van der Waals surface area contributed by atoms with Crippen molar-refractivity contribution in [3.63, 3.8) is 0 Å². The van der Waals surface area contributed by atoms with Gasteiger partial charge in [0.15, 0.2) is 0 Å². The molecule has 1 aliphatic heterocycles. The highest BCUT2D eigenvalue weighted by atomic mass is 19.4. The second-order valence-corrected chi connectivity index (χ2v) is 8.37. The summed E-state index contributed by atoms with van der Waals surface area (Å²) in [6, 6.07) is 8.44. The van der Waals surface area contributed by atoms with Crippen LogP contribution in [-0.4, -0.2) is 60.3 Å². The van der Waals surface area contributed by atoms with E-state index in [-0.39, 0.29) is 0 Å². The van der Waals surface area contributed by atoms with E-state index in [1.165, 1.54) is 37.8 Å². The van der Waals surface area contributed by atoms with Crippen LogP contribution in [0.3, 0.4) is 0 Å². The first-order chi connectivity index (χ1) is 16.7. The van der Waals surface area contributed by atoms with E-state index in [0.717, 1.165) is 34.6 Å². The van der Waals surface area contributed by atoms with Crippen molar-refractivity contribution in [3.05, 3.63) is 48.5 Å². The summed E-state index contributed by atoms with van der Waals surface area (Å²) in [6.07, 6.45) is 2.58. The normalized spacial score (nSPS) is 15.1. The zero-order valence-electron chi connectivity index (χ0n) is 18.8. The summed E-state index contributed by atoms with van der Waals surface area (Å²) in [4.78, 5) is 27.4. The van der Waals surface area contributed by atoms with Crippen LogP contribution in [0.15, 0.2) is 47.5 Å². The molecular weight excluding hydrogens is 465 g/mol. The van der Waals surface area contributed by atoms with Gasteiger partial charge in [0, 0.05) is 29.9 Å². The molecule has 184 valence electrons. The lowest BCUT2D eigenvalue weighted by molar-refractivity contribution is -0.192. The second-order valence-electron chi connectivity index (χ2n) is 8.37.